The van der Waals surface area contributed by atoms with Crippen LogP contribution in [0.25, 0.3) is 9.88 Å². The number of carbonyl (C=O) groups is 1. The van der Waals surface area contributed by atoms with E-state index in [1.807, 2.05) is 41.1 Å². The van der Waals surface area contributed by atoms with E-state index in [0.717, 1.165) is 54.0 Å². The highest BCUT2D eigenvalue weighted by atomic mass is 32.1. The first-order chi connectivity index (χ1) is 13.2. The van der Waals surface area contributed by atoms with E-state index >= 15 is 0 Å². The number of benzene rings is 1. The van der Waals surface area contributed by atoms with Crippen molar-refractivity contribution in [3.63, 3.8) is 0 Å². The Morgan fingerprint density at radius 3 is 2.67 bits per heavy atom. The summed E-state index contributed by atoms with van der Waals surface area (Å²) in [6.07, 6.45) is 0. The molecule has 1 aromatic carbocycles. The van der Waals surface area contributed by atoms with Gasteiger partial charge in [0.05, 0.1) is 16.3 Å². The molecule has 0 saturated carbocycles. The lowest BCUT2D eigenvalue weighted by Crippen LogP contribution is -2.46. The number of thiazole rings is 1. The van der Waals surface area contributed by atoms with Crippen molar-refractivity contribution in [2.45, 2.75) is 6.92 Å². The highest BCUT2D eigenvalue weighted by molar-refractivity contribution is 7.20. The van der Waals surface area contributed by atoms with Gasteiger partial charge < -0.3 is 15.1 Å². The van der Waals surface area contributed by atoms with Crippen LogP contribution in [0.1, 0.15) is 17.4 Å². The van der Waals surface area contributed by atoms with E-state index < -0.39 is 0 Å². The van der Waals surface area contributed by atoms with E-state index in [4.69, 9.17) is 0 Å². The molecule has 1 amide bonds. The van der Waals surface area contributed by atoms with Crippen LogP contribution in [0.3, 0.4) is 0 Å². The van der Waals surface area contributed by atoms with Gasteiger partial charge in [-0.1, -0.05) is 25.1 Å². The van der Waals surface area contributed by atoms with E-state index in [0.29, 0.717) is 5.69 Å². The summed E-state index contributed by atoms with van der Waals surface area (Å²) in [5, 5.41) is 7.79. The molecular weight excluding hydrogens is 376 g/mol. The number of thiophene rings is 1. The van der Waals surface area contributed by atoms with Crippen LogP contribution in [0.2, 0.25) is 0 Å². The summed E-state index contributed by atoms with van der Waals surface area (Å²) < 4.78 is 0. The predicted molar refractivity (Wildman–Crippen MR) is 114 cm³/mol. The Bertz CT molecular complexity index is 898. The van der Waals surface area contributed by atoms with Crippen LogP contribution in [0.4, 0.5) is 11.4 Å². The zero-order chi connectivity index (χ0) is 18.6. The second kappa shape index (κ2) is 8.21. The van der Waals surface area contributed by atoms with Crippen LogP contribution in [-0.2, 0) is 0 Å². The molecule has 1 fully saturated rings. The maximum absolute atomic E-state index is 12.7. The summed E-state index contributed by atoms with van der Waals surface area (Å²) in [7, 11) is 0. The van der Waals surface area contributed by atoms with Crippen molar-refractivity contribution < 1.29 is 4.79 Å². The zero-order valence-electron chi connectivity index (χ0n) is 15.2. The minimum absolute atomic E-state index is 0.159. The fourth-order valence-corrected chi connectivity index (χ4v) is 4.85. The van der Waals surface area contributed by atoms with Gasteiger partial charge in [0.25, 0.3) is 5.91 Å². The molecule has 0 radical (unpaired) electrons. The summed E-state index contributed by atoms with van der Waals surface area (Å²) in [6.45, 7) is 7.33. The number of carbonyl (C=O) groups excluding carboxylic acids is 1. The van der Waals surface area contributed by atoms with E-state index in [-0.39, 0.29) is 5.91 Å². The van der Waals surface area contributed by atoms with Gasteiger partial charge in [0, 0.05) is 31.6 Å². The molecule has 4 rings (SSSR count). The smallest absolute Gasteiger partial charge is 0.275 e. The Morgan fingerprint density at radius 2 is 1.93 bits per heavy atom. The Balaban J connectivity index is 1.49. The largest absolute Gasteiger partial charge is 0.367 e. The molecule has 1 N–H and O–H groups in total. The van der Waals surface area contributed by atoms with Crippen LogP contribution in [-0.4, -0.2) is 48.5 Å². The molecule has 7 heteroatoms. The fraction of sp³-hybridized carbons (Fsp3) is 0.300. The van der Waals surface area contributed by atoms with Crippen molar-refractivity contribution in [2.75, 3.05) is 42.9 Å². The third kappa shape index (κ3) is 4.05. The maximum Gasteiger partial charge on any atom is 0.275 e. The van der Waals surface area contributed by atoms with Gasteiger partial charge in [-0.2, -0.15) is 0 Å². The van der Waals surface area contributed by atoms with Crippen LogP contribution in [0.15, 0.2) is 47.2 Å². The van der Waals surface area contributed by atoms with E-state index in [1.54, 1.807) is 11.3 Å². The number of hydrogen-bond acceptors (Lipinski definition) is 6. The average molecular weight is 399 g/mol. The molecular formula is C20H22N4OS2. The molecule has 1 aliphatic heterocycles. The Kier molecular flexibility index (Phi) is 5.52. The first kappa shape index (κ1) is 18.2. The number of nitrogens with zero attached hydrogens (tertiary/aromatic N) is 3. The quantitative estimate of drug-likeness (QED) is 0.697. The molecule has 3 aromatic rings. The number of likely N-dealkylation sites (N-methyl/N-ethyl adjacent to an activating group) is 1. The molecule has 0 unspecified atom stereocenters. The topological polar surface area (TPSA) is 48.5 Å². The van der Waals surface area contributed by atoms with Crippen LogP contribution >= 0.6 is 22.7 Å². The molecule has 5 nitrogen and oxygen atoms in total. The lowest BCUT2D eigenvalue weighted by molar-refractivity contribution is 0.102. The first-order valence-corrected chi connectivity index (χ1v) is 10.9. The molecule has 0 spiro atoms. The summed E-state index contributed by atoms with van der Waals surface area (Å²) in [4.78, 5) is 23.1. The molecule has 1 saturated heterocycles. The van der Waals surface area contributed by atoms with Crippen molar-refractivity contribution in [3.8, 4) is 9.88 Å². The van der Waals surface area contributed by atoms with Gasteiger partial charge in [0.2, 0.25) is 0 Å². The Morgan fingerprint density at radius 1 is 1.11 bits per heavy atom. The average Bonchev–Trinajstić information content (AvgIpc) is 3.40. The van der Waals surface area contributed by atoms with Crippen molar-refractivity contribution >= 4 is 40.0 Å². The van der Waals surface area contributed by atoms with E-state index in [9.17, 15) is 4.79 Å². The molecule has 140 valence electrons. The fourth-order valence-electron chi connectivity index (χ4n) is 3.24. The van der Waals surface area contributed by atoms with Gasteiger partial charge in [-0.25, -0.2) is 4.98 Å². The van der Waals surface area contributed by atoms with Crippen LogP contribution in [0, 0.1) is 0 Å². The third-order valence-corrected chi connectivity index (χ3v) is 6.66. The van der Waals surface area contributed by atoms with Gasteiger partial charge in [-0.05, 0) is 30.1 Å². The molecule has 3 heterocycles. The van der Waals surface area contributed by atoms with Gasteiger partial charge in [0.1, 0.15) is 10.7 Å². The molecule has 0 aliphatic carbocycles. The SMILES string of the molecule is CCN1CCN(c2ccccc2NC(=O)c2csc(-c3cccs3)n2)CC1. The number of amides is 1. The second-order valence-corrected chi connectivity index (χ2v) is 8.21. The zero-order valence-corrected chi connectivity index (χ0v) is 16.9. The van der Waals surface area contributed by atoms with E-state index in [1.165, 1.54) is 11.3 Å². The highest BCUT2D eigenvalue weighted by Crippen LogP contribution is 2.30. The molecule has 0 bridgehead atoms. The molecule has 1 aliphatic rings. The summed E-state index contributed by atoms with van der Waals surface area (Å²) in [5.74, 6) is -0.159. The minimum atomic E-state index is -0.159. The number of para-hydroxylation sites is 2. The summed E-state index contributed by atoms with van der Waals surface area (Å²) in [6, 6.07) is 12.0. The van der Waals surface area contributed by atoms with Crippen molar-refractivity contribution in [2.24, 2.45) is 0 Å². The number of aromatic nitrogens is 1. The molecule has 27 heavy (non-hydrogen) atoms. The maximum atomic E-state index is 12.7. The molecule has 2 aromatic heterocycles. The normalized spacial score (nSPS) is 15.1. The second-order valence-electron chi connectivity index (χ2n) is 6.41. The van der Waals surface area contributed by atoms with Crippen molar-refractivity contribution in [3.05, 3.63) is 52.9 Å². The third-order valence-electron chi connectivity index (χ3n) is 4.78. The van der Waals surface area contributed by atoms with E-state index in [2.05, 4.69) is 33.1 Å². The molecule has 0 atom stereocenters. The van der Waals surface area contributed by atoms with Gasteiger partial charge in [0.15, 0.2) is 0 Å². The lowest BCUT2D eigenvalue weighted by atomic mass is 10.2. The lowest BCUT2D eigenvalue weighted by Gasteiger charge is -2.36. The monoisotopic (exact) mass is 398 g/mol. The number of anilines is 2. The van der Waals surface area contributed by atoms with Crippen molar-refractivity contribution in [1.82, 2.24) is 9.88 Å². The Hall–Kier alpha value is -2.22. The standard InChI is InChI=1S/C20H22N4OS2/c1-2-23-9-11-24(12-10-23)17-7-4-3-6-15(17)21-19(25)16-14-27-20(22-16)18-8-5-13-26-18/h3-8,13-14H,2,9-12H2,1H3,(H,21,25). The Labute approximate surface area is 167 Å². The van der Waals surface area contributed by atoms with Crippen LogP contribution < -0.4 is 10.2 Å². The predicted octanol–water partition coefficient (Wildman–Crippen LogP) is 4.27. The van der Waals surface area contributed by atoms with Crippen molar-refractivity contribution in [1.29, 1.82) is 0 Å². The number of hydrogen-bond donors (Lipinski definition) is 1. The summed E-state index contributed by atoms with van der Waals surface area (Å²) >= 11 is 3.14. The number of rotatable bonds is 5. The number of nitrogens with one attached hydrogen (secondary N) is 1. The first-order valence-electron chi connectivity index (χ1n) is 9.11. The number of piperazine rings is 1. The van der Waals surface area contributed by atoms with Crippen LogP contribution in [0.5, 0.6) is 0 Å². The highest BCUT2D eigenvalue weighted by Gasteiger charge is 2.20. The minimum Gasteiger partial charge on any atom is -0.367 e. The summed E-state index contributed by atoms with van der Waals surface area (Å²) in [5.41, 5.74) is 2.39. The van der Waals surface area contributed by atoms with Gasteiger partial charge >= 0.3 is 0 Å². The van der Waals surface area contributed by atoms with Gasteiger partial charge in [-0.3, -0.25) is 4.79 Å². The van der Waals surface area contributed by atoms with Gasteiger partial charge in [-0.15, -0.1) is 22.7 Å².